The average Bonchev–Trinajstić information content (AvgIpc) is 2.43. The molecule has 3 N–H and O–H groups in total. The van der Waals surface area contributed by atoms with E-state index in [9.17, 15) is 9.59 Å². The van der Waals surface area contributed by atoms with Crippen molar-refractivity contribution in [2.75, 3.05) is 7.11 Å². The van der Waals surface area contributed by atoms with Gasteiger partial charge in [-0.1, -0.05) is 5.92 Å². The molecule has 1 rings (SSSR count). The Labute approximate surface area is 132 Å². The monoisotopic (exact) mass is 352 g/mol. The molecule has 0 saturated carbocycles. The number of ether oxygens (including phenoxy) is 1. The quantitative estimate of drug-likeness (QED) is 0.633. The van der Waals surface area contributed by atoms with E-state index in [0.717, 1.165) is 5.56 Å². The number of rotatable bonds is 4. The molecule has 0 aliphatic heterocycles. The molecule has 6 heteroatoms. The summed E-state index contributed by atoms with van der Waals surface area (Å²) < 4.78 is 4.67. The van der Waals surface area contributed by atoms with Crippen molar-refractivity contribution in [1.82, 2.24) is 5.32 Å². The van der Waals surface area contributed by atoms with Crippen molar-refractivity contribution in [2.24, 2.45) is 5.73 Å². The molecular formula is C15H17BrN2O3. The van der Waals surface area contributed by atoms with Gasteiger partial charge in [-0.25, -0.2) is 4.79 Å². The first-order chi connectivity index (χ1) is 9.79. The maximum Gasteiger partial charge on any atom is 0.330 e. The van der Waals surface area contributed by atoms with Crippen LogP contribution in [-0.4, -0.2) is 30.6 Å². The molecule has 21 heavy (non-hydrogen) atoms. The molecule has 0 bridgehead atoms. The highest BCUT2D eigenvalue weighted by atomic mass is 79.9. The molecule has 0 aliphatic rings. The molecule has 112 valence electrons. The van der Waals surface area contributed by atoms with E-state index in [1.165, 1.54) is 7.11 Å². The molecule has 0 spiro atoms. The zero-order valence-corrected chi connectivity index (χ0v) is 13.7. The number of carbonyl (C=O) groups is 2. The molecule has 5 nitrogen and oxygen atoms in total. The van der Waals surface area contributed by atoms with Crippen molar-refractivity contribution in [3.8, 4) is 10.8 Å². The van der Waals surface area contributed by atoms with Gasteiger partial charge in [0.2, 0.25) is 0 Å². The second-order valence-electron chi connectivity index (χ2n) is 5.05. The van der Waals surface area contributed by atoms with Crippen molar-refractivity contribution >= 4 is 27.8 Å². The van der Waals surface area contributed by atoms with Gasteiger partial charge in [0, 0.05) is 32.6 Å². The second-order valence-corrected chi connectivity index (χ2v) is 5.44. The van der Waals surface area contributed by atoms with Crippen LogP contribution < -0.4 is 11.1 Å². The van der Waals surface area contributed by atoms with Crippen molar-refractivity contribution in [1.29, 1.82) is 0 Å². The van der Waals surface area contributed by atoms with E-state index in [2.05, 4.69) is 36.7 Å². The highest BCUT2D eigenvalue weighted by Gasteiger charge is 2.34. The zero-order valence-electron chi connectivity index (χ0n) is 12.1. The normalized spacial score (nSPS) is 11.9. The molecule has 0 radical (unpaired) electrons. The number of nitrogens with two attached hydrogens (primary N) is 1. The van der Waals surface area contributed by atoms with Gasteiger partial charge < -0.3 is 15.8 Å². The Morgan fingerprint density at radius 3 is 2.33 bits per heavy atom. The Hall–Kier alpha value is -1.84. The van der Waals surface area contributed by atoms with Gasteiger partial charge in [0.05, 0.1) is 7.11 Å². The summed E-state index contributed by atoms with van der Waals surface area (Å²) in [6, 6.07) is 5.74. The minimum atomic E-state index is -0.940. The van der Waals surface area contributed by atoms with Crippen LogP contribution in [0.3, 0.4) is 0 Å². The van der Waals surface area contributed by atoms with Gasteiger partial charge in [-0.2, -0.15) is 0 Å². The Morgan fingerprint density at radius 1 is 1.33 bits per heavy atom. The number of hydrogen-bond donors (Lipinski definition) is 2. The first kappa shape index (κ1) is 17.2. The van der Waals surface area contributed by atoms with Crippen LogP contribution >= 0.6 is 15.9 Å². The molecule has 0 aromatic heterocycles. The van der Waals surface area contributed by atoms with Gasteiger partial charge in [0.1, 0.15) is 6.04 Å². The van der Waals surface area contributed by atoms with Crippen LogP contribution in [0.4, 0.5) is 0 Å². The van der Waals surface area contributed by atoms with E-state index in [1.54, 1.807) is 38.1 Å². The standard InChI is InChI=1S/C15H17BrN2O3/c1-15(2,17)12(14(20)21-3)18-13(19)11-6-4-10(5-7-11)8-9-16/h4-7,12H,17H2,1-3H3,(H,18,19). The van der Waals surface area contributed by atoms with Crippen molar-refractivity contribution in [3.63, 3.8) is 0 Å². The number of esters is 1. The number of hydrogen-bond acceptors (Lipinski definition) is 4. The van der Waals surface area contributed by atoms with Gasteiger partial charge in [-0.15, -0.1) is 0 Å². The van der Waals surface area contributed by atoms with E-state index in [4.69, 9.17) is 5.73 Å². The summed E-state index contributed by atoms with van der Waals surface area (Å²) in [5.41, 5.74) is 6.15. The van der Waals surface area contributed by atoms with E-state index in [-0.39, 0.29) is 0 Å². The first-order valence-electron chi connectivity index (χ1n) is 6.19. The molecule has 1 atom stereocenters. The third-order valence-electron chi connectivity index (χ3n) is 2.80. The molecular weight excluding hydrogens is 336 g/mol. The van der Waals surface area contributed by atoms with E-state index in [1.807, 2.05) is 0 Å². The number of halogens is 1. The summed E-state index contributed by atoms with van der Waals surface area (Å²) in [6.07, 6.45) is 0. The van der Waals surface area contributed by atoms with E-state index >= 15 is 0 Å². The number of nitrogens with one attached hydrogen (secondary N) is 1. The molecule has 0 heterocycles. The average molecular weight is 353 g/mol. The summed E-state index contributed by atoms with van der Waals surface area (Å²) in [4.78, 5) is 26.5. The summed E-state index contributed by atoms with van der Waals surface area (Å²) in [6.45, 7) is 3.28. The van der Waals surface area contributed by atoms with Crippen LogP contribution in [0.15, 0.2) is 24.3 Å². The summed E-state index contributed by atoms with van der Waals surface area (Å²) >= 11 is 3.01. The molecule has 1 aromatic rings. The minimum absolute atomic E-state index is 0.401. The fraction of sp³-hybridized carbons (Fsp3) is 0.333. The molecule has 0 saturated heterocycles. The first-order valence-corrected chi connectivity index (χ1v) is 6.98. The molecule has 0 fully saturated rings. The number of benzene rings is 1. The largest absolute Gasteiger partial charge is 0.467 e. The van der Waals surface area contributed by atoms with Gasteiger partial charge in [-0.3, -0.25) is 4.79 Å². The van der Waals surface area contributed by atoms with Crippen LogP contribution in [0.1, 0.15) is 29.8 Å². The summed E-state index contributed by atoms with van der Waals surface area (Å²) in [5, 5.41) is 2.59. The predicted octanol–water partition coefficient (Wildman–Crippen LogP) is 1.40. The van der Waals surface area contributed by atoms with Crippen LogP contribution in [0.25, 0.3) is 0 Å². The van der Waals surface area contributed by atoms with Crippen LogP contribution in [0.5, 0.6) is 0 Å². The van der Waals surface area contributed by atoms with Gasteiger partial charge in [0.15, 0.2) is 0 Å². The van der Waals surface area contributed by atoms with Crippen LogP contribution in [0.2, 0.25) is 0 Å². The molecule has 1 aromatic carbocycles. The lowest BCUT2D eigenvalue weighted by atomic mass is 9.95. The fourth-order valence-electron chi connectivity index (χ4n) is 1.64. The number of methoxy groups -OCH3 is 1. The van der Waals surface area contributed by atoms with Crippen molar-refractivity contribution in [3.05, 3.63) is 35.4 Å². The second kappa shape index (κ2) is 7.25. The predicted molar refractivity (Wildman–Crippen MR) is 83.8 cm³/mol. The Bertz CT molecular complexity index is 580. The maximum atomic E-state index is 12.2. The van der Waals surface area contributed by atoms with Gasteiger partial charge in [0.25, 0.3) is 5.91 Å². The Morgan fingerprint density at radius 2 is 1.90 bits per heavy atom. The molecule has 1 amide bonds. The third-order valence-corrected chi connectivity index (χ3v) is 2.99. The van der Waals surface area contributed by atoms with Gasteiger partial charge in [-0.05, 0) is 42.9 Å². The number of amides is 1. The zero-order chi connectivity index (χ0) is 16.0. The van der Waals surface area contributed by atoms with E-state index < -0.39 is 23.5 Å². The lowest BCUT2D eigenvalue weighted by Crippen LogP contribution is -2.59. The summed E-state index contributed by atoms with van der Waals surface area (Å²) in [5.74, 6) is 1.82. The molecule has 1 unspecified atom stereocenters. The Balaban J connectivity index is 2.91. The highest BCUT2D eigenvalue weighted by Crippen LogP contribution is 2.10. The molecule has 0 aliphatic carbocycles. The van der Waals surface area contributed by atoms with Crippen LogP contribution in [-0.2, 0) is 9.53 Å². The lowest BCUT2D eigenvalue weighted by Gasteiger charge is -2.28. The third kappa shape index (κ3) is 4.88. The fourth-order valence-corrected chi connectivity index (χ4v) is 1.87. The minimum Gasteiger partial charge on any atom is -0.467 e. The van der Waals surface area contributed by atoms with Gasteiger partial charge >= 0.3 is 5.97 Å². The SMILES string of the molecule is COC(=O)C(NC(=O)c1ccc(C#CBr)cc1)C(C)(C)N. The topological polar surface area (TPSA) is 81.4 Å². The van der Waals surface area contributed by atoms with E-state index in [0.29, 0.717) is 5.56 Å². The van der Waals surface area contributed by atoms with Crippen LogP contribution in [0, 0.1) is 10.8 Å². The Kier molecular flexibility index (Phi) is 5.94. The highest BCUT2D eigenvalue weighted by molar-refractivity contribution is 9.12. The lowest BCUT2D eigenvalue weighted by molar-refractivity contribution is -0.144. The van der Waals surface area contributed by atoms with Crippen molar-refractivity contribution in [2.45, 2.75) is 25.4 Å². The van der Waals surface area contributed by atoms with Crippen molar-refractivity contribution < 1.29 is 14.3 Å². The number of carbonyl (C=O) groups excluding carboxylic acids is 2. The summed E-state index contributed by atoms with van der Waals surface area (Å²) in [7, 11) is 1.25. The smallest absolute Gasteiger partial charge is 0.330 e. The maximum absolute atomic E-state index is 12.2.